The SMILES string of the molecule is CCN1CC(n2cc(C=O)cn2)C1. The van der Waals surface area contributed by atoms with Crippen molar-refractivity contribution in [2.45, 2.75) is 13.0 Å². The van der Waals surface area contributed by atoms with Crippen LogP contribution in [0.15, 0.2) is 12.4 Å². The van der Waals surface area contributed by atoms with Crippen LogP contribution in [0.2, 0.25) is 0 Å². The van der Waals surface area contributed by atoms with Crippen LogP contribution >= 0.6 is 0 Å². The zero-order chi connectivity index (χ0) is 9.26. The lowest BCUT2D eigenvalue weighted by Gasteiger charge is -2.38. The molecule has 0 saturated carbocycles. The van der Waals surface area contributed by atoms with E-state index in [4.69, 9.17) is 0 Å². The van der Waals surface area contributed by atoms with E-state index in [1.54, 1.807) is 6.20 Å². The van der Waals surface area contributed by atoms with Crippen molar-refractivity contribution in [2.75, 3.05) is 19.6 Å². The standard InChI is InChI=1S/C9H13N3O/c1-2-11-5-9(6-11)12-4-8(7-13)3-10-12/h3-4,7,9H,2,5-6H2,1H3. The molecule has 0 spiro atoms. The summed E-state index contributed by atoms with van der Waals surface area (Å²) < 4.78 is 1.88. The zero-order valence-electron chi connectivity index (χ0n) is 7.68. The maximum absolute atomic E-state index is 10.4. The molecular formula is C9H13N3O. The number of rotatable bonds is 3. The Kier molecular flexibility index (Phi) is 2.14. The largest absolute Gasteiger partial charge is 0.299 e. The van der Waals surface area contributed by atoms with Gasteiger partial charge >= 0.3 is 0 Å². The first-order chi connectivity index (χ1) is 6.33. The average Bonchev–Trinajstić information content (AvgIpc) is 2.51. The molecule has 4 nitrogen and oxygen atoms in total. The van der Waals surface area contributed by atoms with Crippen LogP contribution in [0.5, 0.6) is 0 Å². The molecule has 1 aliphatic heterocycles. The fourth-order valence-corrected chi connectivity index (χ4v) is 1.58. The Morgan fingerprint density at radius 1 is 1.69 bits per heavy atom. The second-order valence-corrected chi connectivity index (χ2v) is 3.38. The van der Waals surface area contributed by atoms with Crippen molar-refractivity contribution in [3.63, 3.8) is 0 Å². The molecule has 70 valence electrons. The molecule has 1 saturated heterocycles. The zero-order valence-corrected chi connectivity index (χ0v) is 7.68. The van der Waals surface area contributed by atoms with Crippen LogP contribution in [0.3, 0.4) is 0 Å². The number of likely N-dealkylation sites (N-methyl/N-ethyl adjacent to an activating group) is 1. The highest BCUT2D eigenvalue weighted by atomic mass is 16.1. The third-order valence-electron chi connectivity index (χ3n) is 2.52. The van der Waals surface area contributed by atoms with E-state index in [1.807, 2.05) is 10.9 Å². The number of aldehydes is 1. The minimum absolute atomic E-state index is 0.466. The van der Waals surface area contributed by atoms with E-state index >= 15 is 0 Å². The predicted octanol–water partition coefficient (Wildman–Crippen LogP) is 0.572. The van der Waals surface area contributed by atoms with Crippen molar-refractivity contribution in [3.05, 3.63) is 18.0 Å². The molecule has 2 rings (SSSR count). The minimum Gasteiger partial charge on any atom is -0.299 e. The van der Waals surface area contributed by atoms with Gasteiger partial charge in [0.2, 0.25) is 0 Å². The highest BCUT2D eigenvalue weighted by molar-refractivity contribution is 5.73. The summed E-state index contributed by atoms with van der Waals surface area (Å²) in [5.41, 5.74) is 0.662. The third kappa shape index (κ3) is 1.49. The molecule has 0 N–H and O–H groups in total. The molecule has 13 heavy (non-hydrogen) atoms. The highest BCUT2D eigenvalue weighted by Crippen LogP contribution is 2.19. The van der Waals surface area contributed by atoms with Gasteiger partial charge in [0, 0.05) is 19.3 Å². The van der Waals surface area contributed by atoms with Crippen molar-refractivity contribution in [1.82, 2.24) is 14.7 Å². The molecule has 1 fully saturated rings. The van der Waals surface area contributed by atoms with Gasteiger partial charge in [-0.3, -0.25) is 14.4 Å². The maximum Gasteiger partial charge on any atom is 0.153 e. The molecular weight excluding hydrogens is 166 g/mol. The molecule has 1 aliphatic rings. The number of carbonyl (C=O) groups excluding carboxylic acids is 1. The Morgan fingerprint density at radius 3 is 3.00 bits per heavy atom. The maximum atomic E-state index is 10.4. The number of carbonyl (C=O) groups is 1. The molecule has 0 atom stereocenters. The molecule has 0 amide bonds. The smallest absolute Gasteiger partial charge is 0.153 e. The summed E-state index contributed by atoms with van der Waals surface area (Å²) in [7, 11) is 0. The van der Waals surface area contributed by atoms with Gasteiger partial charge in [0.05, 0.1) is 17.8 Å². The number of likely N-dealkylation sites (tertiary alicyclic amines) is 1. The number of nitrogens with zero attached hydrogens (tertiary/aromatic N) is 3. The summed E-state index contributed by atoms with van der Waals surface area (Å²) in [6, 6.07) is 0.466. The van der Waals surface area contributed by atoms with Crippen LogP contribution in [0.1, 0.15) is 23.3 Å². The van der Waals surface area contributed by atoms with Crippen molar-refractivity contribution in [2.24, 2.45) is 0 Å². The van der Waals surface area contributed by atoms with Crippen LogP contribution in [0, 0.1) is 0 Å². The molecule has 0 unspecified atom stereocenters. The Morgan fingerprint density at radius 2 is 2.46 bits per heavy atom. The number of hydrogen-bond acceptors (Lipinski definition) is 3. The van der Waals surface area contributed by atoms with Crippen LogP contribution in [-0.2, 0) is 0 Å². The molecule has 1 aromatic heterocycles. The van der Waals surface area contributed by atoms with Gasteiger partial charge < -0.3 is 0 Å². The molecule has 0 aromatic carbocycles. The van der Waals surface area contributed by atoms with Gasteiger partial charge in [-0.15, -0.1) is 0 Å². The average molecular weight is 179 g/mol. The summed E-state index contributed by atoms with van der Waals surface area (Å²) in [6.45, 7) is 5.35. The first kappa shape index (κ1) is 8.44. The summed E-state index contributed by atoms with van der Waals surface area (Å²) in [4.78, 5) is 12.7. The number of hydrogen-bond donors (Lipinski definition) is 0. The highest BCUT2D eigenvalue weighted by Gasteiger charge is 2.26. The van der Waals surface area contributed by atoms with E-state index in [0.29, 0.717) is 11.6 Å². The van der Waals surface area contributed by atoms with Gasteiger partial charge in [0.25, 0.3) is 0 Å². The van der Waals surface area contributed by atoms with Crippen LogP contribution in [0.25, 0.3) is 0 Å². The molecule has 1 aromatic rings. The Hall–Kier alpha value is -1.16. The fourth-order valence-electron chi connectivity index (χ4n) is 1.58. The topological polar surface area (TPSA) is 38.1 Å². The van der Waals surface area contributed by atoms with Crippen molar-refractivity contribution in [1.29, 1.82) is 0 Å². The molecule has 2 heterocycles. The van der Waals surface area contributed by atoms with Crippen molar-refractivity contribution >= 4 is 6.29 Å². The second-order valence-electron chi connectivity index (χ2n) is 3.38. The van der Waals surface area contributed by atoms with E-state index in [2.05, 4.69) is 16.9 Å². The van der Waals surface area contributed by atoms with Crippen LogP contribution in [-0.4, -0.2) is 40.6 Å². The molecule has 0 radical (unpaired) electrons. The Bertz CT molecular complexity index is 302. The lowest BCUT2D eigenvalue weighted by atomic mass is 10.1. The van der Waals surface area contributed by atoms with E-state index in [1.165, 1.54) is 0 Å². The fraction of sp³-hybridized carbons (Fsp3) is 0.556. The van der Waals surface area contributed by atoms with E-state index in [0.717, 1.165) is 25.9 Å². The van der Waals surface area contributed by atoms with E-state index < -0.39 is 0 Å². The van der Waals surface area contributed by atoms with Crippen molar-refractivity contribution in [3.8, 4) is 0 Å². The quantitative estimate of drug-likeness (QED) is 0.637. The molecule has 0 bridgehead atoms. The van der Waals surface area contributed by atoms with E-state index in [-0.39, 0.29) is 0 Å². The van der Waals surface area contributed by atoms with Gasteiger partial charge in [-0.1, -0.05) is 6.92 Å². The molecule has 4 heteroatoms. The normalized spacial score (nSPS) is 18.5. The summed E-state index contributed by atoms with van der Waals surface area (Å²) in [6.07, 6.45) is 4.26. The van der Waals surface area contributed by atoms with Gasteiger partial charge in [-0.2, -0.15) is 5.10 Å². The summed E-state index contributed by atoms with van der Waals surface area (Å²) in [5, 5.41) is 4.14. The van der Waals surface area contributed by atoms with Gasteiger partial charge in [-0.25, -0.2) is 0 Å². The predicted molar refractivity (Wildman–Crippen MR) is 48.8 cm³/mol. The first-order valence-electron chi connectivity index (χ1n) is 4.55. The van der Waals surface area contributed by atoms with Crippen LogP contribution in [0.4, 0.5) is 0 Å². The lowest BCUT2D eigenvalue weighted by Crippen LogP contribution is -2.47. The van der Waals surface area contributed by atoms with Gasteiger partial charge in [0.15, 0.2) is 6.29 Å². The Labute approximate surface area is 77.1 Å². The monoisotopic (exact) mass is 179 g/mol. The Balaban J connectivity index is 1.99. The summed E-state index contributed by atoms with van der Waals surface area (Å²) >= 11 is 0. The van der Waals surface area contributed by atoms with Crippen LogP contribution < -0.4 is 0 Å². The number of aromatic nitrogens is 2. The lowest BCUT2D eigenvalue weighted by molar-refractivity contribution is 0.105. The van der Waals surface area contributed by atoms with E-state index in [9.17, 15) is 4.79 Å². The summed E-state index contributed by atoms with van der Waals surface area (Å²) in [5.74, 6) is 0. The molecule has 0 aliphatic carbocycles. The van der Waals surface area contributed by atoms with Gasteiger partial charge in [0.1, 0.15) is 0 Å². The van der Waals surface area contributed by atoms with Gasteiger partial charge in [-0.05, 0) is 6.54 Å². The third-order valence-corrected chi connectivity index (χ3v) is 2.52. The first-order valence-corrected chi connectivity index (χ1v) is 4.55. The minimum atomic E-state index is 0.466. The second kappa shape index (κ2) is 3.30. The van der Waals surface area contributed by atoms with Crippen molar-refractivity contribution < 1.29 is 4.79 Å².